The van der Waals surface area contributed by atoms with Crippen molar-refractivity contribution in [1.29, 1.82) is 0 Å². The maximum atomic E-state index is 10.3. The SMILES string of the molecule is CCc1sc(C)nc1CCCC(=O)O. The number of aromatic nitrogens is 1. The van der Waals surface area contributed by atoms with Gasteiger partial charge in [-0.05, 0) is 26.2 Å². The van der Waals surface area contributed by atoms with E-state index in [-0.39, 0.29) is 6.42 Å². The molecule has 4 heteroatoms. The van der Waals surface area contributed by atoms with Gasteiger partial charge in [0.2, 0.25) is 0 Å². The van der Waals surface area contributed by atoms with Crippen molar-refractivity contribution in [2.45, 2.75) is 39.5 Å². The number of aliphatic carboxylic acids is 1. The maximum absolute atomic E-state index is 10.3. The van der Waals surface area contributed by atoms with E-state index in [4.69, 9.17) is 5.11 Å². The van der Waals surface area contributed by atoms with E-state index in [0.29, 0.717) is 6.42 Å². The number of carboxylic acid groups (broad SMARTS) is 1. The summed E-state index contributed by atoms with van der Waals surface area (Å²) < 4.78 is 0. The van der Waals surface area contributed by atoms with Gasteiger partial charge in [-0.2, -0.15) is 0 Å². The Balaban J connectivity index is 2.52. The fourth-order valence-corrected chi connectivity index (χ4v) is 2.31. The van der Waals surface area contributed by atoms with Crippen LogP contribution in [0.3, 0.4) is 0 Å². The molecule has 1 aromatic heterocycles. The first-order valence-corrected chi connectivity index (χ1v) is 5.62. The molecule has 0 aromatic carbocycles. The lowest BCUT2D eigenvalue weighted by Crippen LogP contribution is -1.97. The standard InChI is InChI=1S/C10H15NO2S/c1-3-9-8(11-7(2)14-9)5-4-6-10(12)13/h3-6H2,1-2H3,(H,12,13). The summed E-state index contributed by atoms with van der Waals surface area (Å²) in [5, 5.41) is 9.58. The number of nitrogens with zero attached hydrogens (tertiary/aromatic N) is 1. The molecule has 1 rings (SSSR count). The molecule has 14 heavy (non-hydrogen) atoms. The topological polar surface area (TPSA) is 50.2 Å². The Bertz CT molecular complexity index is 320. The predicted octanol–water partition coefficient (Wildman–Crippen LogP) is 2.42. The Morgan fingerprint density at radius 1 is 1.57 bits per heavy atom. The molecule has 0 aliphatic heterocycles. The molecule has 0 amide bonds. The highest BCUT2D eigenvalue weighted by atomic mass is 32.1. The molecule has 0 bridgehead atoms. The van der Waals surface area contributed by atoms with Crippen molar-refractivity contribution in [3.8, 4) is 0 Å². The van der Waals surface area contributed by atoms with Crippen LogP contribution in [0.25, 0.3) is 0 Å². The molecule has 1 heterocycles. The molecule has 0 unspecified atom stereocenters. The first-order chi connectivity index (χ1) is 6.63. The molecule has 0 atom stereocenters. The molecule has 0 saturated carbocycles. The summed E-state index contributed by atoms with van der Waals surface area (Å²) in [6.45, 7) is 4.10. The van der Waals surface area contributed by atoms with Gasteiger partial charge in [-0.15, -0.1) is 11.3 Å². The average Bonchev–Trinajstić information content (AvgIpc) is 2.45. The van der Waals surface area contributed by atoms with Crippen molar-refractivity contribution in [3.05, 3.63) is 15.6 Å². The van der Waals surface area contributed by atoms with Gasteiger partial charge in [0.15, 0.2) is 0 Å². The molecule has 78 valence electrons. The van der Waals surface area contributed by atoms with E-state index >= 15 is 0 Å². The fourth-order valence-electron chi connectivity index (χ4n) is 1.39. The van der Waals surface area contributed by atoms with Gasteiger partial charge in [0.05, 0.1) is 10.7 Å². The second kappa shape index (κ2) is 5.10. The number of carboxylic acids is 1. The molecule has 0 saturated heterocycles. The van der Waals surface area contributed by atoms with Gasteiger partial charge in [-0.25, -0.2) is 4.98 Å². The van der Waals surface area contributed by atoms with Crippen LogP contribution in [-0.4, -0.2) is 16.1 Å². The first kappa shape index (κ1) is 11.2. The predicted molar refractivity (Wildman–Crippen MR) is 56.8 cm³/mol. The lowest BCUT2D eigenvalue weighted by atomic mass is 10.1. The normalized spacial score (nSPS) is 10.4. The van der Waals surface area contributed by atoms with E-state index in [9.17, 15) is 4.79 Å². The largest absolute Gasteiger partial charge is 0.481 e. The number of aryl methyl sites for hydroxylation is 3. The van der Waals surface area contributed by atoms with E-state index in [1.807, 2.05) is 6.92 Å². The van der Waals surface area contributed by atoms with Gasteiger partial charge < -0.3 is 5.11 Å². The number of hydrogen-bond donors (Lipinski definition) is 1. The fraction of sp³-hybridized carbons (Fsp3) is 0.600. The Kier molecular flexibility index (Phi) is 4.07. The van der Waals surface area contributed by atoms with Crippen LogP contribution in [-0.2, 0) is 17.6 Å². The maximum Gasteiger partial charge on any atom is 0.303 e. The summed E-state index contributed by atoms with van der Waals surface area (Å²) in [4.78, 5) is 16.0. The van der Waals surface area contributed by atoms with E-state index in [1.165, 1.54) is 4.88 Å². The van der Waals surface area contributed by atoms with E-state index < -0.39 is 5.97 Å². The average molecular weight is 213 g/mol. The molecule has 1 N–H and O–H groups in total. The molecule has 0 spiro atoms. The molecule has 3 nitrogen and oxygen atoms in total. The van der Waals surface area contributed by atoms with Gasteiger partial charge in [0.25, 0.3) is 0 Å². The van der Waals surface area contributed by atoms with Crippen molar-refractivity contribution in [2.75, 3.05) is 0 Å². The molecule has 0 aliphatic rings. The third-order valence-corrected chi connectivity index (χ3v) is 3.17. The van der Waals surface area contributed by atoms with E-state index in [0.717, 1.165) is 23.5 Å². The first-order valence-electron chi connectivity index (χ1n) is 4.80. The second-order valence-corrected chi connectivity index (χ2v) is 4.49. The van der Waals surface area contributed by atoms with E-state index in [1.54, 1.807) is 11.3 Å². The second-order valence-electron chi connectivity index (χ2n) is 3.20. The molecular weight excluding hydrogens is 198 g/mol. The van der Waals surface area contributed by atoms with Crippen LogP contribution in [0.2, 0.25) is 0 Å². The summed E-state index contributed by atoms with van der Waals surface area (Å²) >= 11 is 1.71. The van der Waals surface area contributed by atoms with Crippen molar-refractivity contribution in [2.24, 2.45) is 0 Å². The van der Waals surface area contributed by atoms with Crippen molar-refractivity contribution < 1.29 is 9.90 Å². The monoisotopic (exact) mass is 213 g/mol. The molecular formula is C10H15NO2S. The van der Waals surface area contributed by atoms with Crippen LogP contribution in [0, 0.1) is 6.92 Å². The minimum Gasteiger partial charge on any atom is -0.481 e. The third-order valence-electron chi connectivity index (χ3n) is 2.01. The zero-order valence-electron chi connectivity index (χ0n) is 8.54. The lowest BCUT2D eigenvalue weighted by Gasteiger charge is -1.97. The summed E-state index contributed by atoms with van der Waals surface area (Å²) in [7, 11) is 0. The Morgan fingerprint density at radius 3 is 2.86 bits per heavy atom. The van der Waals surface area contributed by atoms with Crippen LogP contribution in [0.4, 0.5) is 0 Å². The quantitative estimate of drug-likeness (QED) is 0.817. The zero-order valence-corrected chi connectivity index (χ0v) is 9.36. The minimum absolute atomic E-state index is 0.236. The molecule has 0 aliphatic carbocycles. The number of rotatable bonds is 5. The molecule has 0 radical (unpaired) electrons. The molecule has 1 aromatic rings. The minimum atomic E-state index is -0.727. The number of carbonyl (C=O) groups is 1. The zero-order chi connectivity index (χ0) is 10.6. The van der Waals surface area contributed by atoms with E-state index in [2.05, 4.69) is 11.9 Å². The van der Waals surface area contributed by atoms with Crippen molar-refractivity contribution >= 4 is 17.3 Å². The van der Waals surface area contributed by atoms with Crippen LogP contribution in [0.1, 0.15) is 35.3 Å². The Morgan fingerprint density at radius 2 is 2.29 bits per heavy atom. The van der Waals surface area contributed by atoms with Crippen molar-refractivity contribution in [1.82, 2.24) is 4.98 Å². The summed E-state index contributed by atoms with van der Waals surface area (Å²) in [6.07, 6.45) is 2.71. The number of hydrogen-bond acceptors (Lipinski definition) is 3. The number of thiazole rings is 1. The van der Waals surface area contributed by atoms with Crippen LogP contribution < -0.4 is 0 Å². The van der Waals surface area contributed by atoms with Gasteiger partial charge in [0.1, 0.15) is 0 Å². The van der Waals surface area contributed by atoms with Crippen LogP contribution in [0.15, 0.2) is 0 Å². The lowest BCUT2D eigenvalue weighted by molar-refractivity contribution is -0.137. The van der Waals surface area contributed by atoms with Crippen LogP contribution in [0.5, 0.6) is 0 Å². The highest BCUT2D eigenvalue weighted by Gasteiger charge is 2.07. The third kappa shape index (κ3) is 3.10. The van der Waals surface area contributed by atoms with Gasteiger partial charge >= 0.3 is 5.97 Å². The van der Waals surface area contributed by atoms with Crippen molar-refractivity contribution in [3.63, 3.8) is 0 Å². The summed E-state index contributed by atoms with van der Waals surface area (Å²) in [6, 6.07) is 0. The highest BCUT2D eigenvalue weighted by molar-refractivity contribution is 7.11. The van der Waals surface area contributed by atoms with Gasteiger partial charge in [-0.3, -0.25) is 4.79 Å². The Hall–Kier alpha value is -0.900. The van der Waals surface area contributed by atoms with Gasteiger partial charge in [0, 0.05) is 11.3 Å². The summed E-state index contributed by atoms with van der Waals surface area (Å²) in [5.74, 6) is -0.727. The summed E-state index contributed by atoms with van der Waals surface area (Å²) in [5.41, 5.74) is 1.09. The smallest absolute Gasteiger partial charge is 0.303 e. The highest BCUT2D eigenvalue weighted by Crippen LogP contribution is 2.20. The molecule has 0 fully saturated rings. The van der Waals surface area contributed by atoms with Gasteiger partial charge in [-0.1, -0.05) is 6.92 Å². The Labute approximate surface area is 87.8 Å². The van der Waals surface area contributed by atoms with Crippen LogP contribution >= 0.6 is 11.3 Å².